The number of carboxylic acid groups (broad SMARTS) is 1. The standard InChI is InChI=1S/C23H36N2O7/c1-14(2)5-6-17-22(3,32-17)20-19(29-4)16(7-9-23(20)13-30-23)31-21(28)24-15-8-10-25(11-15)12-18(26)27/h5,15-17,19-20H,6-13H2,1-4H3,(H,24,28)(H,26,27)/t15-,16-,17?,19-,20-,22+,23+/m1/s1. The molecule has 4 fully saturated rings. The van der Waals surface area contributed by atoms with E-state index < -0.39 is 12.1 Å². The minimum atomic E-state index is -0.862. The first-order chi connectivity index (χ1) is 15.2. The number of nitrogens with zero attached hydrogens (tertiary/aromatic N) is 1. The Hall–Kier alpha value is -1.68. The van der Waals surface area contributed by atoms with Crippen molar-refractivity contribution in [1.29, 1.82) is 0 Å². The number of likely N-dealkylation sites (tertiary alicyclic amines) is 1. The number of carbonyl (C=O) groups is 2. The summed E-state index contributed by atoms with van der Waals surface area (Å²) in [6, 6.07) is -0.113. The van der Waals surface area contributed by atoms with E-state index in [2.05, 4.69) is 32.2 Å². The second-order valence-electron chi connectivity index (χ2n) is 10.1. The van der Waals surface area contributed by atoms with Crippen molar-refractivity contribution in [2.45, 2.75) is 82.0 Å². The van der Waals surface area contributed by atoms with Crippen molar-refractivity contribution >= 4 is 12.1 Å². The summed E-state index contributed by atoms with van der Waals surface area (Å²) in [5.74, 6) is -0.876. The highest BCUT2D eigenvalue weighted by Gasteiger charge is 2.72. The number of carbonyl (C=O) groups excluding carboxylic acids is 1. The number of carboxylic acids is 1. The molecule has 1 amide bonds. The van der Waals surface area contributed by atoms with Crippen LogP contribution in [0.2, 0.25) is 0 Å². The zero-order chi connectivity index (χ0) is 23.1. The van der Waals surface area contributed by atoms with Crippen LogP contribution in [-0.2, 0) is 23.7 Å². The van der Waals surface area contributed by atoms with Gasteiger partial charge in [0.25, 0.3) is 0 Å². The Balaban J connectivity index is 1.37. The monoisotopic (exact) mass is 452 g/mol. The maximum Gasteiger partial charge on any atom is 0.407 e. The molecule has 9 nitrogen and oxygen atoms in total. The summed E-state index contributed by atoms with van der Waals surface area (Å²) < 4.78 is 23.9. The summed E-state index contributed by atoms with van der Waals surface area (Å²) in [4.78, 5) is 25.4. The number of allylic oxidation sites excluding steroid dienone is 1. The lowest BCUT2D eigenvalue weighted by Gasteiger charge is -2.42. The highest BCUT2D eigenvalue weighted by molar-refractivity contribution is 5.69. The van der Waals surface area contributed by atoms with Crippen LogP contribution < -0.4 is 5.32 Å². The molecule has 0 aromatic rings. The molecular formula is C23H36N2O7. The average Bonchev–Trinajstić information content (AvgIpc) is 3.58. The fourth-order valence-electron chi connectivity index (χ4n) is 5.69. The maximum absolute atomic E-state index is 12.7. The number of amides is 1. The fraction of sp³-hybridized carbons (Fsp3) is 0.826. The molecule has 3 saturated heterocycles. The summed E-state index contributed by atoms with van der Waals surface area (Å²) >= 11 is 0. The van der Waals surface area contributed by atoms with Crippen molar-refractivity contribution in [2.24, 2.45) is 5.92 Å². The molecule has 2 N–H and O–H groups in total. The average molecular weight is 453 g/mol. The predicted molar refractivity (Wildman–Crippen MR) is 115 cm³/mol. The van der Waals surface area contributed by atoms with Crippen molar-refractivity contribution in [3.63, 3.8) is 0 Å². The molecule has 0 aromatic heterocycles. The third kappa shape index (κ3) is 4.81. The highest BCUT2D eigenvalue weighted by Crippen LogP contribution is 2.59. The van der Waals surface area contributed by atoms with Gasteiger partial charge in [-0.3, -0.25) is 9.69 Å². The van der Waals surface area contributed by atoms with Gasteiger partial charge < -0.3 is 29.4 Å². The van der Waals surface area contributed by atoms with Gasteiger partial charge in [-0.25, -0.2) is 4.79 Å². The molecule has 1 aliphatic carbocycles. The van der Waals surface area contributed by atoms with Crippen molar-refractivity contribution in [3.8, 4) is 0 Å². The van der Waals surface area contributed by atoms with Gasteiger partial charge in [-0.1, -0.05) is 11.6 Å². The van der Waals surface area contributed by atoms with Gasteiger partial charge in [-0.15, -0.1) is 0 Å². The van der Waals surface area contributed by atoms with Crippen molar-refractivity contribution < 1.29 is 33.6 Å². The van der Waals surface area contributed by atoms with Crippen LogP contribution >= 0.6 is 0 Å². The Labute approximate surface area is 189 Å². The number of ether oxygens (including phenoxy) is 4. The number of nitrogens with one attached hydrogen (secondary N) is 1. The second kappa shape index (κ2) is 8.93. The van der Waals surface area contributed by atoms with Gasteiger partial charge in [0.1, 0.15) is 23.4 Å². The Kier molecular flexibility index (Phi) is 6.55. The third-order valence-electron chi connectivity index (χ3n) is 7.45. The molecular weight excluding hydrogens is 416 g/mol. The zero-order valence-corrected chi connectivity index (χ0v) is 19.5. The van der Waals surface area contributed by atoms with Crippen LogP contribution in [0.15, 0.2) is 11.6 Å². The van der Waals surface area contributed by atoms with E-state index in [0.717, 1.165) is 12.8 Å². The lowest BCUT2D eigenvalue weighted by atomic mass is 9.68. The molecule has 0 radical (unpaired) electrons. The number of methoxy groups -OCH3 is 1. The van der Waals surface area contributed by atoms with Gasteiger partial charge in [-0.05, 0) is 46.5 Å². The minimum Gasteiger partial charge on any atom is -0.480 e. The number of rotatable bonds is 8. The normalized spacial score (nSPS) is 40.7. The van der Waals surface area contributed by atoms with Crippen LogP contribution in [0.25, 0.3) is 0 Å². The molecule has 1 saturated carbocycles. The van der Waals surface area contributed by atoms with E-state index in [0.29, 0.717) is 32.5 Å². The van der Waals surface area contributed by atoms with E-state index in [1.807, 2.05) is 4.90 Å². The molecule has 4 rings (SSSR count). The maximum atomic E-state index is 12.7. The van der Waals surface area contributed by atoms with Crippen LogP contribution in [-0.4, -0.2) is 91.0 Å². The van der Waals surface area contributed by atoms with Crippen molar-refractivity contribution in [1.82, 2.24) is 10.2 Å². The number of hydrogen-bond donors (Lipinski definition) is 2. The quantitative estimate of drug-likeness (QED) is 0.424. The highest BCUT2D eigenvalue weighted by atomic mass is 16.6. The first-order valence-corrected chi connectivity index (χ1v) is 11.6. The second-order valence-corrected chi connectivity index (χ2v) is 10.1. The molecule has 180 valence electrons. The molecule has 1 unspecified atom stereocenters. The van der Waals surface area contributed by atoms with E-state index >= 15 is 0 Å². The van der Waals surface area contributed by atoms with E-state index in [1.54, 1.807) is 7.11 Å². The van der Waals surface area contributed by atoms with Gasteiger partial charge in [0, 0.05) is 26.2 Å². The summed E-state index contributed by atoms with van der Waals surface area (Å²) in [6.07, 6.45) is 4.15. The summed E-state index contributed by atoms with van der Waals surface area (Å²) in [5.41, 5.74) is 0.637. The zero-order valence-electron chi connectivity index (χ0n) is 19.5. The van der Waals surface area contributed by atoms with Gasteiger partial charge >= 0.3 is 12.1 Å². The summed E-state index contributed by atoms with van der Waals surface area (Å²) in [7, 11) is 1.66. The van der Waals surface area contributed by atoms with E-state index in [4.69, 9.17) is 24.1 Å². The largest absolute Gasteiger partial charge is 0.480 e. The predicted octanol–water partition coefficient (Wildman–Crippen LogP) is 1.95. The Morgan fingerprint density at radius 3 is 2.69 bits per heavy atom. The van der Waals surface area contributed by atoms with Gasteiger partial charge in [-0.2, -0.15) is 0 Å². The third-order valence-corrected chi connectivity index (χ3v) is 7.45. The fourth-order valence-corrected chi connectivity index (χ4v) is 5.69. The van der Waals surface area contributed by atoms with E-state index in [-0.39, 0.29) is 48.0 Å². The first-order valence-electron chi connectivity index (χ1n) is 11.6. The van der Waals surface area contributed by atoms with Gasteiger partial charge in [0.2, 0.25) is 0 Å². The summed E-state index contributed by atoms with van der Waals surface area (Å²) in [5, 5.41) is 11.8. The van der Waals surface area contributed by atoms with Crippen LogP contribution in [0, 0.1) is 5.92 Å². The Morgan fingerprint density at radius 1 is 1.31 bits per heavy atom. The van der Waals surface area contributed by atoms with Crippen molar-refractivity contribution in [3.05, 3.63) is 11.6 Å². The van der Waals surface area contributed by atoms with Crippen LogP contribution in [0.4, 0.5) is 4.79 Å². The number of alkyl carbamates (subject to hydrolysis) is 1. The van der Waals surface area contributed by atoms with Gasteiger partial charge in [0.15, 0.2) is 0 Å². The molecule has 32 heavy (non-hydrogen) atoms. The molecule has 1 spiro atoms. The molecule has 3 heterocycles. The van der Waals surface area contributed by atoms with Crippen molar-refractivity contribution in [2.75, 3.05) is 33.4 Å². The summed E-state index contributed by atoms with van der Waals surface area (Å²) in [6.45, 7) is 8.11. The minimum absolute atomic E-state index is 0.0142. The van der Waals surface area contributed by atoms with E-state index in [9.17, 15) is 9.59 Å². The topological polar surface area (TPSA) is 113 Å². The molecule has 3 aliphatic heterocycles. The van der Waals surface area contributed by atoms with Crippen LogP contribution in [0.1, 0.15) is 46.5 Å². The first kappa shape index (κ1) is 23.5. The van der Waals surface area contributed by atoms with Gasteiger partial charge in [0.05, 0.1) is 25.2 Å². The molecule has 0 bridgehead atoms. The molecule has 9 heteroatoms. The lowest BCUT2D eigenvalue weighted by Crippen LogP contribution is -2.56. The number of aliphatic carboxylic acids is 1. The Morgan fingerprint density at radius 2 is 2.06 bits per heavy atom. The molecule has 0 aromatic carbocycles. The number of epoxide rings is 2. The molecule has 7 atom stereocenters. The smallest absolute Gasteiger partial charge is 0.407 e. The van der Waals surface area contributed by atoms with Crippen LogP contribution in [0.3, 0.4) is 0 Å². The van der Waals surface area contributed by atoms with Crippen LogP contribution in [0.5, 0.6) is 0 Å². The Bertz CT molecular complexity index is 763. The molecule has 4 aliphatic rings. The SMILES string of the molecule is CO[C@@H]1[C@H](OC(=O)N[C@@H]2CCN(CC(=O)O)C2)CC[C@]2(CO2)[C@H]1[C@@]1(C)OC1CC=C(C)C. The number of hydrogen-bond acceptors (Lipinski definition) is 7. The van der Waals surface area contributed by atoms with E-state index in [1.165, 1.54) is 5.57 Å². The lowest BCUT2D eigenvalue weighted by molar-refractivity contribution is -0.138.